The first-order chi connectivity index (χ1) is 7.65. The van der Waals surface area contributed by atoms with E-state index in [0.717, 1.165) is 31.4 Å². The van der Waals surface area contributed by atoms with Crippen LogP contribution in [0.15, 0.2) is 23.1 Å². The Morgan fingerprint density at radius 1 is 1.44 bits per heavy atom. The molecule has 90 valence electrons. The molecule has 0 aromatic carbocycles. The number of hydrogen-bond donors (Lipinski definition) is 1. The van der Waals surface area contributed by atoms with Gasteiger partial charge in [0, 0.05) is 24.3 Å². The number of rotatable bonds is 6. The molecule has 0 aliphatic heterocycles. The largest absolute Gasteiger partial charge is 0.317 e. The standard InChI is InChI=1S/C13H22N2O/c1-11-7-6-10-15(13(11)16)9-5-4-8-12(2)14-3/h6-7,10,12,14H,4-5,8-9H2,1-3H3. The molecule has 1 N–H and O–H groups in total. The third kappa shape index (κ3) is 3.81. The van der Waals surface area contributed by atoms with Crippen LogP contribution >= 0.6 is 0 Å². The third-order valence-electron chi connectivity index (χ3n) is 2.99. The Labute approximate surface area is 97.5 Å². The molecule has 0 aliphatic rings. The van der Waals surface area contributed by atoms with E-state index >= 15 is 0 Å². The molecule has 1 aromatic rings. The summed E-state index contributed by atoms with van der Waals surface area (Å²) in [7, 11) is 1.98. The molecule has 0 saturated carbocycles. The van der Waals surface area contributed by atoms with Crippen LogP contribution in [-0.2, 0) is 6.54 Å². The van der Waals surface area contributed by atoms with E-state index in [9.17, 15) is 4.79 Å². The van der Waals surface area contributed by atoms with Gasteiger partial charge in [0.25, 0.3) is 5.56 Å². The second kappa shape index (κ2) is 6.48. The van der Waals surface area contributed by atoms with Crippen molar-refractivity contribution in [2.45, 2.75) is 45.7 Å². The fraction of sp³-hybridized carbons (Fsp3) is 0.615. The monoisotopic (exact) mass is 222 g/mol. The Bertz CT molecular complexity index is 370. The van der Waals surface area contributed by atoms with Gasteiger partial charge in [0.05, 0.1) is 0 Å². The SMILES string of the molecule is CNC(C)CCCCn1cccc(C)c1=O. The molecule has 1 unspecified atom stereocenters. The van der Waals surface area contributed by atoms with Crippen LogP contribution in [-0.4, -0.2) is 17.7 Å². The van der Waals surface area contributed by atoms with Crippen LogP contribution in [0.1, 0.15) is 31.7 Å². The van der Waals surface area contributed by atoms with Gasteiger partial charge in [-0.15, -0.1) is 0 Å². The van der Waals surface area contributed by atoms with Crippen molar-refractivity contribution in [2.24, 2.45) is 0 Å². The van der Waals surface area contributed by atoms with E-state index in [4.69, 9.17) is 0 Å². The predicted molar refractivity (Wildman–Crippen MR) is 67.8 cm³/mol. The maximum absolute atomic E-state index is 11.7. The van der Waals surface area contributed by atoms with Crippen LogP contribution < -0.4 is 10.9 Å². The summed E-state index contributed by atoms with van der Waals surface area (Å²) in [6.07, 6.45) is 5.26. The molecule has 1 rings (SSSR count). The first kappa shape index (κ1) is 13.0. The Hall–Kier alpha value is -1.09. The Morgan fingerprint density at radius 3 is 2.88 bits per heavy atom. The van der Waals surface area contributed by atoms with Crippen LogP contribution in [0.5, 0.6) is 0 Å². The van der Waals surface area contributed by atoms with Crippen LogP contribution in [0.4, 0.5) is 0 Å². The van der Waals surface area contributed by atoms with E-state index in [1.54, 1.807) is 4.57 Å². The molecular formula is C13H22N2O. The Morgan fingerprint density at radius 2 is 2.19 bits per heavy atom. The van der Waals surface area contributed by atoms with E-state index in [2.05, 4.69) is 12.2 Å². The van der Waals surface area contributed by atoms with Crippen molar-refractivity contribution in [2.75, 3.05) is 7.05 Å². The third-order valence-corrected chi connectivity index (χ3v) is 2.99. The molecule has 3 heteroatoms. The van der Waals surface area contributed by atoms with Crippen molar-refractivity contribution in [3.8, 4) is 0 Å². The Kier molecular flexibility index (Phi) is 5.26. The summed E-state index contributed by atoms with van der Waals surface area (Å²) in [4.78, 5) is 11.7. The van der Waals surface area contributed by atoms with Crippen LogP contribution in [0.2, 0.25) is 0 Å². The number of hydrogen-bond acceptors (Lipinski definition) is 2. The fourth-order valence-corrected chi connectivity index (χ4v) is 1.71. The summed E-state index contributed by atoms with van der Waals surface area (Å²) >= 11 is 0. The van der Waals surface area contributed by atoms with Crippen molar-refractivity contribution in [3.63, 3.8) is 0 Å². The number of aryl methyl sites for hydroxylation is 2. The molecule has 0 aliphatic carbocycles. The molecule has 0 fully saturated rings. The predicted octanol–water partition coefficient (Wildman–Crippen LogP) is 1.93. The highest BCUT2D eigenvalue weighted by Crippen LogP contribution is 2.01. The summed E-state index contributed by atoms with van der Waals surface area (Å²) in [5.74, 6) is 0. The highest BCUT2D eigenvalue weighted by atomic mass is 16.1. The van der Waals surface area contributed by atoms with Crippen molar-refractivity contribution in [1.82, 2.24) is 9.88 Å². The lowest BCUT2D eigenvalue weighted by atomic mass is 10.1. The molecule has 0 radical (unpaired) electrons. The lowest BCUT2D eigenvalue weighted by Gasteiger charge is -2.10. The minimum atomic E-state index is 0.143. The van der Waals surface area contributed by atoms with Gasteiger partial charge in [0.2, 0.25) is 0 Å². The van der Waals surface area contributed by atoms with Crippen molar-refractivity contribution in [1.29, 1.82) is 0 Å². The van der Waals surface area contributed by atoms with Gasteiger partial charge in [-0.3, -0.25) is 4.79 Å². The van der Waals surface area contributed by atoms with Gasteiger partial charge in [0.1, 0.15) is 0 Å². The highest BCUT2D eigenvalue weighted by molar-refractivity contribution is 5.07. The van der Waals surface area contributed by atoms with Crippen molar-refractivity contribution >= 4 is 0 Å². The van der Waals surface area contributed by atoms with E-state index < -0.39 is 0 Å². The molecule has 16 heavy (non-hydrogen) atoms. The second-order valence-electron chi connectivity index (χ2n) is 4.38. The van der Waals surface area contributed by atoms with E-state index in [1.165, 1.54) is 0 Å². The second-order valence-corrected chi connectivity index (χ2v) is 4.38. The van der Waals surface area contributed by atoms with E-state index in [1.807, 2.05) is 32.3 Å². The molecule has 3 nitrogen and oxygen atoms in total. The number of nitrogens with zero attached hydrogens (tertiary/aromatic N) is 1. The minimum Gasteiger partial charge on any atom is -0.317 e. The number of unbranched alkanes of at least 4 members (excludes halogenated alkanes) is 1. The Balaban J connectivity index is 2.38. The van der Waals surface area contributed by atoms with Gasteiger partial charge in [-0.2, -0.15) is 0 Å². The first-order valence-electron chi connectivity index (χ1n) is 5.98. The normalized spacial score (nSPS) is 12.7. The van der Waals surface area contributed by atoms with E-state index in [0.29, 0.717) is 6.04 Å². The molecule has 0 saturated heterocycles. The average molecular weight is 222 g/mol. The van der Waals surface area contributed by atoms with Gasteiger partial charge < -0.3 is 9.88 Å². The molecule has 0 spiro atoms. The zero-order valence-electron chi connectivity index (χ0n) is 10.5. The van der Waals surface area contributed by atoms with Crippen molar-refractivity contribution in [3.05, 3.63) is 34.2 Å². The molecule has 1 atom stereocenters. The van der Waals surface area contributed by atoms with Crippen LogP contribution in [0, 0.1) is 6.92 Å². The van der Waals surface area contributed by atoms with Gasteiger partial charge in [-0.25, -0.2) is 0 Å². The lowest BCUT2D eigenvalue weighted by Crippen LogP contribution is -2.22. The highest BCUT2D eigenvalue weighted by Gasteiger charge is 2.00. The summed E-state index contributed by atoms with van der Waals surface area (Å²) in [5.41, 5.74) is 0.968. The van der Waals surface area contributed by atoms with Crippen molar-refractivity contribution < 1.29 is 0 Å². The van der Waals surface area contributed by atoms with Gasteiger partial charge in [-0.1, -0.05) is 12.5 Å². The van der Waals surface area contributed by atoms with Gasteiger partial charge in [0.15, 0.2) is 0 Å². The average Bonchev–Trinajstić information content (AvgIpc) is 2.29. The molecule has 1 aromatic heterocycles. The molecule has 1 heterocycles. The number of aromatic nitrogens is 1. The summed E-state index contributed by atoms with van der Waals surface area (Å²) in [5, 5.41) is 3.22. The molecular weight excluding hydrogens is 200 g/mol. The smallest absolute Gasteiger partial charge is 0.253 e. The molecule has 0 amide bonds. The summed E-state index contributed by atoms with van der Waals surface area (Å²) in [6, 6.07) is 4.36. The topological polar surface area (TPSA) is 34.0 Å². The maximum atomic E-state index is 11.7. The van der Waals surface area contributed by atoms with Crippen LogP contribution in [0.3, 0.4) is 0 Å². The van der Waals surface area contributed by atoms with Gasteiger partial charge in [-0.05, 0) is 39.8 Å². The summed E-state index contributed by atoms with van der Waals surface area (Å²) < 4.78 is 1.80. The quantitative estimate of drug-likeness (QED) is 0.746. The minimum absolute atomic E-state index is 0.143. The number of nitrogens with one attached hydrogen (secondary N) is 1. The van der Waals surface area contributed by atoms with Crippen LogP contribution in [0.25, 0.3) is 0 Å². The number of pyridine rings is 1. The zero-order chi connectivity index (χ0) is 12.0. The van der Waals surface area contributed by atoms with E-state index in [-0.39, 0.29) is 5.56 Å². The summed E-state index contributed by atoms with van der Waals surface area (Å²) in [6.45, 7) is 4.87. The lowest BCUT2D eigenvalue weighted by molar-refractivity contribution is 0.500. The molecule has 0 bridgehead atoms. The van der Waals surface area contributed by atoms with Gasteiger partial charge >= 0.3 is 0 Å². The first-order valence-corrected chi connectivity index (χ1v) is 5.98. The maximum Gasteiger partial charge on any atom is 0.253 e. The zero-order valence-corrected chi connectivity index (χ0v) is 10.5. The fourth-order valence-electron chi connectivity index (χ4n) is 1.71.